The molecule has 0 saturated heterocycles. The van der Waals surface area contributed by atoms with Crippen LogP contribution >= 0.6 is 0 Å². The SMILES string of the molecule is NS(=O)(=O)c1cc(F)c(-c2c(-c3ccccc3)noc2CF)cc1F. The van der Waals surface area contributed by atoms with Gasteiger partial charge in [0.1, 0.15) is 22.2 Å². The highest BCUT2D eigenvalue weighted by Gasteiger charge is 2.25. The van der Waals surface area contributed by atoms with Crippen LogP contribution in [0.15, 0.2) is 51.9 Å². The van der Waals surface area contributed by atoms with Crippen molar-refractivity contribution in [3.8, 4) is 22.4 Å². The van der Waals surface area contributed by atoms with E-state index in [0.717, 1.165) is 0 Å². The maximum Gasteiger partial charge on any atom is 0.241 e. The van der Waals surface area contributed by atoms with Gasteiger partial charge in [0.15, 0.2) is 12.4 Å². The minimum absolute atomic E-state index is 0.0916. The van der Waals surface area contributed by atoms with E-state index in [2.05, 4.69) is 5.16 Å². The molecule has 2 N–H and O–H groups in total. The zero-order valence-corrected chi connectivity index (χ0v) is 13.4. The van der Waals surface area contributed by atoms with Crippen molar-refractivity contribution < 1.29 is 26.1 Å². The molecule has 0 spiro atoms. The van der Waals surface area contributed by atoms with Crippen molar-refractivity contribution in [2.24, 2.45) is 5.14 Å². The molecule has 0 aliphatic carbocycles. The van der Waals surface area contributed by atoms with E-state index in [9.17, 15) is 21.6 Å². The summed E-state index contributed by atoms with van der Waals surface area (Å²) in [6.45, 7) is -1.10. The normalized spacial score (nSPS) is 11.7. The van der Waals surface area contributed by atoms with Crippen LogP contribution in [0.3, 0.4) is 0 Å². The molecule has 1 aromatic heterocycles. The molecule has 2 aromatic carbocycles. The molecule has 130 valence electrons. The molecule has 0 bridgehead atoms. The van der Waals surface area contributed by atoms with E-state index in [0.29, 0.717) is 17.7 Å². The highest BCUT2D eigenvalue weighted by molar-refractivity contribution is 7.89. The number of nitrogens with zero attached hydrogens (tertiary/aromatic N) is 1. The molecule has 0 aliphatic rings. The number of hydrogen-bond acceptors (Lipinski definition) is 4. The smallest absolute Gasteiger partial charge is 0.241 e. The van der Waals surface area contributed by atoms with Gasteiger partial charge >= 0.3 is 0 Å². The van der Waals surface area contributed by atoms with E-state index in [4.69, 9.17) is 9.66 Å². The molecule has 0 amide bonds. The largest absolute Gasteiger partial charge is 0.357 e. The Morgan fingerprint density at radius 1 is 1.08 bits per heavy atom. The lowest BCUT2D eigenvalue weighted by Crippen LogP contribution is -2.14. The first kappa shape index (κ1) is 17.2. The predicted molar refractivity (Wildman–Crippen MR) is 83.5 cm³/mol. The number of sulfonamides is 1. The molecule has 25 heavy (non-hydrogen) atoms. The van der Waals surface area contributed by atoms with Crippen LogP contribution < -0.4 is 5.14 Å². The van der Waals surface area contributed by atoms with Crippen molar-refractivity contribution in [2.45, 2.75) is 11.6 Å². The third-order valence-corrected chi connectivity index (χ3v) is 4.45. The van der Waals surface area contributed by atoms with Crippen LogP contribution in [0.25, 0.3) is 22.4 Å². The Hall–Kier alpha value is -2.65. The minimum atomic E-state index is -4.45. The van der Waals surface area contributed by atoms with Gasteiger partial charge in [0.25, 0.3) is 0 Å². The maximum absolute atomic E-state index is 14.5. The van der Waals surface area contributed by atoms with Crippen LogP contribution in [0.4, 0.5) is 13.2 Å². The first-order chi connectivity index (χ1) is 11.8. The fourth-order valence-electron chi connectivity index (χ4n) is 2.42. The molecule has 0 radical (unpaired) electrons. The summed E-state index contributed by atoms with van der Waals surface area (Å²) < 4.78 is 69.3. The number of alkyl halides is 1. The van der Waals surface area contributed by atoms with E-state index < -0.39 is 33.2 Å². The van der Waals surface area contributed by atoms with Gasteiger partial charge in [-0.05, 0) is 12.1 Å². The second-order valence-corrected chi connectivity index (χ2v) is 6.67. The van der Waals surface area contributed by atoms with Crippen LogP contribution in [0, 0.1) is 11.6 Å². The maximum atomic E-state index is 14.5. The summed E-state index contributed by atoms with van der Waals surface area (Å²) in [5, 5.41) is 8.58. The Bertz CT molecular complexity index is 1030. The Labute approximate surface area is 140 Å². The van der Waals surface area contributed by atoms with E-state index in [1.165, 1.54) is 0 Å². The molecule has 0 saturated carbocycles. The van der Waals surface area contributed by atoms with Gasteiger partial charge in [-0.2, -0.15) is 0 Å². The van der Waals surface area contributed by atoms with Crippen molar-refractivity contribution in [3.63, 3.8) is 0 Å². The summed E-state index contributed by atoms with van der Waals surface area (Å²) in [5.74, 6) is -2.66. The van der Waals surface area contributed by atoms with Crippen molar-refractivity contribution >= 4 is 10.0 Å². The molecule has 3 aromatic rings. The van der Waals surface area contributed by atoms with Gasteiger partial charge in [0.2, 0.25) is 10.0 Å². The van der Waals surface area contributed by atoms with Gasteiger partial charge in [-0.1, -0.05) is 35.5 Å². The summed E-state index contributed by atoms with van der Waals surface area (Å²) in [4.78, 5) is -0.992. The molecule has 3 rings (SSSR count). The number of primary sulfonamides is 1. The molecule has 0 atom stereocenters. The summed E-state index contributed by atoms with van der Waals surface area (Å²) >= 11 is 0. The number of benzene rings is 2. The lowest BCUT2D eigenvalue weighted by atomic mass is 9.99. The first-order valence-corrected chi connectivity index (χ1v) is 8.49. The molecule has 5 nitrogen and oxygen atoms in total. The van der Waals surface area contributed by atoms with Crippen LogP contribution in [-0.4, -0.2) is 13.6 Å². The van der Waals surface area contributed by atoms with Gasteiger partial charge in [-0.3, -0.25) is 0 Å². The van der Waals surface area contributed by atoms with Gasteiger partial charge in [0.05, 0.1) is 5.56 Å². The van der Waals surface area contributed by atoms with Crippen molar-refractivity contribution in [3.05, 3.63) is 59.9 Å². The van der Waals surface area contributed by atoms with E-state index in [-0.39, 0.29) is 22.6 Å². The highest BCUT2D eigenvalue weighted by Crippen LogP contribution is 2.37. The fraction of sp³-hybridized carbons (Fsp3) is 0.0625. The zero-order valence-electron chi connectivity index (χ0n) is 12.5. The lowest BCUT2D eigenvalue weighted by Gasteiger charge is -2.08. The third-order valence-electron chi connectivity index (χ3n) is 3.53. The quantitative estimate of drug-likeness (QED) is 0.765. The number of hydrogen-bond donors (Lipinski definition) is 1. The third kappa shape index (κ3) is 3.15. The van der Waals surface area contributed by atoms with Crippen molar-refractivity contribution in [2.75, 3.05) is 0 Å². The zero-order chi connectivity index (χ0) is 18.2. The summed E-state index contributed by atoms with van der Waals surface area (Å²) in [6, 6.07) is 9.46. The summed E-state index contributed by atoms with van der Waals surface area (Å²) in [7, 11) is -4.45. The van der Waals surface area contributed by atoms with Gasteiger partial charge in [-0.25, -0.2) is 26.7 Å². The summed E-state index contributed by atoms with van der Waals surface area (Å²) in [6.07, 6.45) is 0. The van der Waals surface area contributed by atoms with Crippen LogP contribution in [0.2, 0.25) is 0 Å². The van der Waals surface area contributed by atoms with E-state index >= 15 is 0 Å². The number of nitrogens with two attached hydrogens (primary N) is 1. The van der Waals surface area contributed by atoms with Gasteiger partial charge in [-0.15, -0.1) is 0 Å². The number of halogens is 3. The Balaban J connectivity index is 2.27. The molecule has 0 aliphatic heterocycles. The van der Waals surface area contributed by atoms with Crippen molar-refractivity contribution in [1.82, 2.24) is 5.16 Å². The van der Waals surface area contributed by atoms with E-state index in [1.54, 1.807) is 30.3 Å². The van der Waals surface area contributed by atoms with Gasteiger partial charge in [0, 0.05) is 11.1 Å². The van der Waals surface area contributed by atoms with Crippen LogP contribution in [0.5, 0.6) is 0 Å². The lowest BCUT2D eigenvalue weighted by molar-refractivity contribution is 0.332. The van der Waals surface area contributed by atoms with Crippen LogP contribution in [0.1, 0.15) is 5.76 Å². The number of aromatic nitrogens is 1. The second kappa shape index (κ2) is 6.34. The van der Waals surface area contributed by atoms with E-state index in [1.807, 2.05) is 0 Å². The van der Waals surface area contributed by atoms with Crippen LogP contribution in [-0.2, 0) is 16.7 Å². The molecular weight excluding hydrogens is 357 g/mol. The Morgan fingerprint density at radius 2 is 1.76 bits per heavy atom. The number of rotatable bonds is 4. The second-order valence-electron chi connectivity index (χ2n) is 5.14. The minimum Gasteiger partial charge on any atom is -0.357 e. The topological polar surface area (TPSA) is 86.2 Å². The van der Waals surface area contributed by atoms with Crippen molar-refractivity contribution in [1.29, 1.82) is 0 Å². The molecular formula is C16H11F3N2O3S. The van der Waals surface area contributed by atoms with Gasteiger partial charge < -0.3 is 4.52 Å². The molecule has 1 heterocycles. The average Bonchev–Trinajstić information content (AvgIpc) is 3.00. The monoisotopic (exact) mass is 368 g/mol. The standard InChI is InChI=1S/C16H11F3N2O3S/c17-8-13-15(16(21-24-13)9-4-2-1-3-5-9)10-6-12(19)14(7-11(10)18)25(20,22)23/h1-7H,8H2,(H2,20,22,23). The first-order valence-electron chi connectivity index (χ1n) is 6.95. The average molecular weight is 368 g/mol. The Kier molecular flexibility index (Phi) is 4.36. The Morgan fingerprint density at radius 3 is 2.36 bits per heavy atom. The molecule has 0 fully saturated rings. The summed E-state index contributed by atoms with van der Waals surface area (Å²) in [5.41, 5.74) is 0.134. The molecule has 0 unspecified atom stereocenters. The highest BCUT2D eigenvalue weighted by atomic mass is 32.2. The fourth-order valence-corrected chi connectivity index (χ4v) is 3.02. The predicted octanol–water partition coefficient (Wildman–Crippen LogP) is 3.40. The molecule has 9 heteroatoms.